The molecule has 3 aromatic carbocycles. The molecule has 0 saturated heterocycles. The van der Waals surface area contributed by atoms with Crippen LogP contribution < -0.4 is 19.1 Å². The van der Waals surface area contributed by atoms with Gasteiger partial charge in [0.1, 0.15) is 24.1 Å². The van der Waals surface area contributed by atoms with Crippen molar-refractivity contribution in [2.24, 2.45) is 0 Å². The van der Waals surface area contributed by atoms with Crippen LogP contribution in [0.1, 0.15) is 32.8 Å². The molecule has 41 heavy (non-hydrogen) atoms. The third-order valence-electron chi connectivity index (χ3n) is 6.68. The van der Waals surface area contributed by atoms with Crippen molar-refractivity contribution in [3.8, 4) is 11.5 Å². The number of carbonyl (C=O) groups is 2. The largest absolute Gasteiger partial charge is 0.497 e. The third kappa shape index (κ3) is 8.14. The molecule has 0 fully saturated rings. The minimum Gasteiger partial charge on any atom is -0.497 e. The fourth-order valence-corrected chi connectivity index (χ4v) is 5.64. The molecule has 0 aliphatic rings. The maximum Gasteiger partial charge on any atom is 0.264 e. The van der Waals surface area contributed by atoms with Crippen molar-refractivity contribution >= 4 is 39.1 Å². The van der Waals surface area contributed by atoms with Crippen LogP contribution in [-0.2, 0) is 26.2 Å². The molecule has 0 aliphatic carbocycles. The molecule has 2 amide bonds. The summed E-state index contributed by atoms with van der Waals surface area (Å²) >= 11 is 6.22. The Bertz CT molecular complexity index is 1450. The van der Waals surface area contributed by atoms with Crippen LogP contribution in [0.4, 0.5) is 5.69 Å². The fourth-order valence-electron chi connectivity index (χ4n) is 4.05. The minimum atomic E-state index is -4.23. The van der Waals surface area contributed by atoms with Gasteiger partial charge in [-0.3, -0.25) is 13.9 Å². The maximum atomic E-state index is 14.0. The number of ether oxygens (including phenoxy) is 2. The van der Waals surface area contributed by atoms with Gasteiger partial charge in [0.25, 0.3) is 10.0 Å². The summed E-state index contributed by atoms with van der Waals surface area (Å²) < 4.78 is 39.3. The lowest BCUT2D eigenvalue weighted by Gasteiger charge is -2.32. The molecule has 0 aromatic heterocycles. The molecule has 0 spiro atoms. The predicted molar refractivity (Wildman–Crippen MR) is 160 cm³/mol. The first-order valence-corrected chi connectivity index (χ1v) is 15.0. The number of nitrogens with zero attached hydrogens (tertiary/aromatic N) is 2. The summed E-state index contributed by atoms with van der Waals surface area (Å²) in [5.41, 5.74) is 0.924. The van der Waals surface area contributed by atoms with Crippen LogP contribution in [-0.4, -0.2) is 58.0 Å². The second-order valence-electron chi connectivity index (χ2n) is 9.53. The van der Waals surface area contributed by atoms with E-state index in [0.717, 1.165) is 4.31 Å². The van der Waals surface area contributed by atoms with E-state index in [1.807, 2.05) is 19.9 Å². The molecule has 9 nitrogen and oxygen atoms in total. The summed E-state index contributed by atoms with van der Waals surface area (Å²) in [6.07, 6.45) is 0.713. The van der Waals surface area contributed by atoms with E-state index in [9.17, 15) is 18.0 Å². The monoisotopic (exact) mass is 601 g/mol. The molecule has 2 atom stereocenters. The Balaban J connectivity index is 2.04. The van der Waals surface area contributed by atoms with Crippen molar-refractivity contribution in [2.45, 2.75) is 50.7 Å². The number of hydrogen-bond donors (Lipinski definition) is 1. The van der Waals surface area contributed by atoms with Gasteiger partial charge < -0.3 is 19.7 Å². The first kappa shape index (κ1) is 31.8. The zero-order valence-corrected chi connectivity index (χ0v) is 25.4. The molecule has 0 radical (unpaired) electrons. The van der Waals surface area contributed by atoms with Crippen molar-refractivity contribution in [3.63, 3.8) is 0 Å². The van der Waals surface area contributed by atoms with Crippen molar-refractivity contribution in [1.82, 2.24) is 10.2 Å². The Kier molecular flexibility index (Phi) is 11.0. The second-order valence-corrected chi connectivity index (χ2v) is 11.8. The molecule has 0 heterocycles. The maximum absolute atomic E-state index is 14.0. The van der Waals surface area contributed by atoms with E-state index in [-0.39, 0.29) is 29.1 Å². The quantitative estimate of drug-likeness (QED) is 0.299. The molecule has 11 heteroatoms. The Labute approximate surface area is 247 Å². The molecular weight excluding hydrogens is 566 g/mol. The summed E-state index contributed by atoms with van der Waals surface area (Å²) in [5.74, 6) is 0.161. The number of benzene rings is 3. The summed E-state index contributed by atoms with van der Waals surface area (Å²) in [6.45, 7) is 4.93. The Morgan fingerprint density at radius 3 is 2.20 bits per heavy atom. The third-order valence-corrected chi connectivity index (χ3v) is 8.70. The lowest BCUT2D eigenvalue weighted by atomic mass is 10.1. The van der Waals surface area contributed by atoms with E-state index in [1.54, 1.807) is 43.3 Å². The molecule has 0 aliphatic heterocycles. The van der Waals surface area contributed by atoms with Gasteiger partial charge in [-0.15, -0.1) is 0 Å². The van der Waals surface area contributed by atoms with E-state index in [2.05, 4.69) is 5.32 Å². The van der Waals surface area contributed by atoms with Crippen molar-refractivity contribution in [1.29, 1.82) is 0 Å². The topological polar surface area (TPSA) is 105 Å². The van der Waals surface area contributed by atoms with Gasteiger partial charge in [0.15, 0.2) is 0 Å². The lowest BCUT2D eigenvalue weighted by Crippen LogP contribution is -2.52. The number of hydrogen-bond acceptors (Lipinski definition) is 6. The average molecular weight is 602 g/mol. The van der Waals surface area contributed by atoms with Crippen LogP contribution >= 0.6 is 11.6 Å². The van der Waals surface area contributed by atoms with E-state index in [0.29, 0.717) is 28.5 Å². The van der Waals surface area contributed by atoms with Crippen LogP contribution in [0, 0.1) is 0 Å². The Morgan fingerprint density at radius 1 is 0.927 bits per heavy atom. The summed E-state index contributed by atoms with van der Waals surface area (Å²) in [5, 5.41) is 3.22. The van der Waals surface area contributed by atoms with Crippen molar-refractivity contribution < 1.29 is 27.5 Å². The van der Waals surface area contributed by atoms with Gasteiger partial charge in [-0.25, -0.2) is 8.42 Å². The standard InChI is InChI=1S/C30H36ClN3O6S/c1-6-21(2)32-30(36)22(3)33(19-23-9-7-12-27(17-23)40-5)29(35)20-34(25-11-8-10-24(31)18-25)41(37,38)28-15-13-26(39-4)14-16-28/h7-18,21-22H,6,19-20H2,1-5H3,(H,32,36)/t21-,22-/m0/s1. The van der Waals surface area contributed by atoms with E-state index >= 15 is 0 Å². The SMILES string of the molecule is CC[C@H](C)NC(=O)[C@H](C)N(Cc1cccc(OC)c1)C(=O)CN(c1cccc(Cl)c1)S(=O)(=O)c1ccc(OC)cc1. The smallest absolute Gasteiger partial charge is 0.264 e. The number of anilines is 1. The normalized spacial score (nSPS) is 12.6. The highest BCUT2D eigenvalue weighted by Gasteiger charge is 2.33. The number of amides is 2. The molecular formula is C30H36ClN3O6S. The Morgan fingerprint density at radius 2 is 1.59 bits per heavy atom. The molecule has 1 N–H and O–H groups in total. The van der Waals surface area contributed by atoms with Gasteiger partial charge in [-0.1, -0.05) is 36.7 Å². The highest BCUT2D eigenvalue weighted by Crippen LogP contribution is 2.28. The minimum absolute atomic E-state index is 0.0343. The first-order valence-electron chi connectivity index (χ1n) is 13.1. The van der Waals surface area contributed by atoms with Gasteiger partial charge in [0.05, 0.1) is 24.8 Å². The Hall–Kier alpha value is -3.76. The van der Waals surface area contributed by atoms with Crippen molar-refractivity contribution in [3.05, 3.63) is 83.4 Å². The first-order chi connectivity index (χ1) is 19.5. The molecule has 0 bridgehead atoms. The number of carbonyl (C=O) groups excluding carboxylic acids is 2. The van der Waals surface area contributed by atoms with Gasteiger partial charge >= 0.3 is 0 Å². The molecule has 3 rings (SSSR count). The van der Waals surface area contributed by atoms with E-state index < -0.39 is 28.5 Å². The summed E-state index contributed by atoms with van der Waals surface area (Å²) in [4.78, 5) is 28.5. The number of sulfonamides is 1. The number of methoxy groups -OCH3 is 2. The van der Waals surface area contributed by atoms with Crippen LogP contribution in [0.25, 0.3) is 0 Å². The van der Waals surface area contributed by atoms with Gasteiger partial charge in [0, 0.05) is 17.6 Å². The summed E-state index contributed by atoms with van der Waals surface area (Å²) in [7, 11) is -1.20. The van der Waals surface area contributed by atoms with Gasteiger partial charge in [0.2, 0.25) is 11.8 Å². The molecule has 0 saturated carbocycles. The molecule has 220 valence electrons. The zero-order valence-electron chi connectivity index (χ0n) is 23.8. The zero-order chi connectivity index (χ0) is 30.2. The van der Waals surface area contributed by atoms with Crippen LogP contribution in [0.15, 0.2) is 77.7 Å². The number of rotatable bonds is 13. The highest BCUT2D eigenvalue weighted by atomic mass is 35.5. The fraction of sp³-hybridized carbons (Fsp3) is 0.333. The van der Waals surface area contributed by atoms with Crippen LogP contribution in [0.3, 0.4) is 0 Å². The lowest BCUT2D eigenvalue weighted by molar-refractivity contribution is -0.139. The van der Waals surface area contributed by atoms with Crippen molar-refractivity contribution in [2.75, 3.05) is 25.1 Å². The van der Waals surface area contributed by atoms with Gasteiger partial charge in [-0.2, -0.15) is 0 Å². The predicted octanol–water partition coefficient (Wildman–Crippen LogP) is 4.88. The van der Waals surface area contributed by atoms with E-state index in [4.69, 9.17) is 21.1 Å². The second kappa shape index (κ2) is 14.2. The van der Waals surface area contributed by atoms with E-state index in [1.165, 1.54) is 49.5 Å². The van der Waals surface area contributed by atoms with Gasteiger partial charge in [-0.05, 0) is 80.4 Å². The highest BCUT2D eigenvalue weighted by molar-refractivity contribution is 7.92. The number of halogens is 1. The molecule has 0 unspecified atom stereocenters. The van der Waals surface area contributed by atoms with Crippen LogP contribution in [0.5, 0.6) is 11.5 Å². The van der Waals surface area contributed by atoms with Crippen LogP contribution in [0.2, 0.25) is 5.02 Å². The average Bonchev–Trinajstić information content (AvgIpc) is 2.98. The number of nitrogens with one attached hydrogen (secondary N) is 1. The summed E-state index contributed by atoms with van der Waals surface area (Å²) in [6, 6.07) is 18.3. The molecule has 3 aromatic rings.